The van der Waals surface area contributed by atoms with E-state index in [0.29, 0.717) is 10.7 Å². The van der Waals surface area contributed by atoms with Crippen LogP contribution in [0.15, 0.2) is 42.5 Å². The van der Waals surface area contributed by atoms with Crippen molar-refractivity contribution < 1.29 is 14.6 Å². The number of phenolic OH excluding ortho intramolecular Hbond substituents is 1. The smallest absolute Gasteiger partial charge is 0.259 e. The Labute approximate surface area is 115 Å². The fourth-order valence-corrected chi connectivity index (χ4v) is 1.81. The Hall–Kier alpha value is -2.20. The molecule has 0 spiro atoms. The molecule has 0 saturated carbocycles. The molecule has 0 bridgehead atoms. The summed E-state index contributed by atoms with van der Waals surface area (Å²) in [6.45, 7) is 0. The Balaban J connectivity index is 2.28. The number of carbonyl (C=O) groups excluding carboxylic acids is 1. The highest BCUT2D eigenvalue weighted by molar-refractivity contribution is 6.33. The van der Waals surface area contributed by atoms with Gasteiger partial charge in [0.15, 0.2) is 11.5 Å². The SMILES string of the molecule is COc1cccc(C(=O)Nc2ccccc2Cl)c1O. The highest BCUT2D eigenvalue weighted by atomic mass is 35.5. The first-order valence-corrected chi connectivity index (χ1v) is 5.93. The van der Waals surface area contributed by atoms with Crippen LogP contribution in [0.1, 0.15) is 10.4 Å². The highest BCUT2D eigenvalue weighted by Gasteiger charge is 2.15. The quantitative estimate of drug-likeness (QED) is 0.905. The van der Waals surface area contributed by atoms with E-state index in [-0.39, 0.29) is 17.1 Å². The van der Waals surface area contributed by atoms with E-state index >= 15 is 0 Å². The van der Waals surface area contributed by atoms with Gasteiger partial charge in [-0.3, -0.25) is 4.79 Å². The van der Waals surface area contributed by atoms with E-state index in [2.05, 4.69) is 5.32 Å². The first kappa shape index (κ1) is 13.2. The van der Waals surface area contributed by atoms with Gasteiger partial charge in [-0.15, -0.1) is 0 Å². The number of aromatic hydroxyl groups is 1. The molecule has 2 rings (SSSR count). The molecular formula is C14H12ClNO3. The third kappa shape index (κ3) is 2.80. The summed E-state index contributed by atoms with van der Waals surface area (Å²) in [5, 5.41) is 12.9. The van der Waals surface area contributed by atoms with Crippen LogP contribution in [0, 0.1) is 0 Å². The zero-order valence-corrected chi connectivity index (χ0v) is 10.9. The normalized spacial score (nSPS) is 10.0. The molecular weight excluding hydrogens is 266 g/mol. The molecule has 4 nitrogen and oxygen atoms in total. The van der Waals surface area contributed by atoms with E-state index in [0.717, 1.165) is 0 Å². The molecule has 2 N–H and O–H groups in total. The minimum atomic E-state index is -0.454. The lowest BCUT2D eigenvalue weighted by Crippen LogP contribution is -2.12. The number of rotatable bonds is 3. The van der Waals surface area contributed by atoms with Gasteiger partial charge in [0.25, 0.3) is 5.91 Å². The number of para-hydroxylation sites is 2. The molecule has 1 amide bonds. The summed E-state index contributed by atoms with van der Waals surface area (Å²) >= 11 is 5.95. The van der Waals surface area contributed by atoms with Gasteiger partial charge in [-0.2, -0.15) is 0 Å². The summed E-state index contributed by atoms with van der Waals surface area (Å²) in [6, 6.07) is 11.6. The maximum absolute atomic E-state index is 12.1. The molecule has 2 aromatic rings. The fraction of sp³-hybridized carbons (Fsp3) is 0.0714. The minimum Gasteiger partial charge on any atom is -0.504 e. The maximum atomic E-state index is 12.1. The van der Waals surface area contributed by atoms with Crippen molar-refractivity contribution in [1.82, 2.24) is 0 Å². The van der Waals surface area contributed by atoms with E-state index in [9.17, 15) is 9.90 Å². The largest absolute Gasteiger partial charge is 0.504 e. The fourth-order valence-electron chi connectivity index (χ4n) is 1.62. The van der Waals surface area contributed by atoms with Crippen LogP contribution in [0.25, 0.3) is 0 Å². The number of nitrogens with one attached hydrogen (secondary N) is 1. The lowest BCUT2D eigenvalue weighted by molar-refractivity contribution is 0.102. The lowest BCUT2D eigenvalue weighted by Gasteiger charge is -2.10. The first-order chi connectivity index (χ1) is 9.13. The first-order valence-electron chi connectivity index (χ1n) is 5.55. The van der Waals surface area contributed by atoms with Crippen molar-refractivity contribution in [3.8, 4) is 11.5 Å². The second kappa shape index (κ2) is 5.63. The number of ether oxygens (including phenoxy) is 1. The molecule has 5 heteroatoms. The molecule has 0 aromatic heterocycles. The van der Waals surface area contributed by atoms with Gasteiger partial charge in [-0.05, 0) is 24.3 Å². The second-order valence-electron chi connectivity index (χ2n) is 3.79. The number of halogens is 1. The van der Waals surface area contributed by atoms with Crippen LogP contribution >= 0.6 is 11.6 Å². The van der Waals surface area contributed by atoms with E-state index < -0.39 is 5.91 Å². The third-order valence-corrected chi connectivity index (χ3v) is 2.92. The van der Waals surface area contributed by atoms with Crippen molar-refractivity contribution in [1.29, 1.82) is 0 Å². The number of methoxy groups -OCH3 is 1. The van der Waals surface area contributed by atoms with Gasteiger partial charge < -0.3 is 15.2 Å². The molecule has 98 valence electrons. The van der Waals surface area contributed by atoms with E-state index in [4.69, 9.17) is 16.3 Å². The molecule has 0 heterocycles. The number of hydrogen-bond donors (Lipinski definition) is 2. The molecule has 0 saturated heterocycles. The van der Waals surface area contributed by atoms with Crippen molar-refractivity contribution in [3.63, 3.8) is 0 Å². The van der Waals surface area contributed by atoms with Crippen molar-refractivity contribution in [2.75, 3.05) is 12.4 Å². The molecule has 19 heavy (non-hydrogen) atoms. The van der Waals surface area contributed by atoms with Crippen molar-refractivity contribution in [2.24, 2.45) is 0 Å². The average molecular weight is 278 g/mol. The topological polar surface area (TPSA) is 58.6 Å². The summed E-state index contributed by atoms with van der Waals surface area (Å²) in [5.41, 5.74) is 0.607. The molecule has 0 fully saturated rings. The van der Waals surface area contributed by atoms with E-state index in [1.807, 2.05) is 0 Å². The second-order valence-corrected chi connectivity index (χ2v) is 4.20. The van der Waals surface area contributed by atoms with Crippen LogP contribution in [-0.2, 0) is 0 Å². The number of benzene rings is 2. The molecule has 0 aliphatic carbocycles. The van der Waals surface area contributed by atoms with Gasteiger partial charge >= 0.3 is 0 Å². The van der Waals surface area contributed by atoms with E-state index in [1.54, 1.807) is 36.4 Å². The predicted molar refractivity (Wildman–Crippen MR) is 74.1 cm³/mol. The number of phenols is 1. The van der Waals surface area contributed by atoms with Crippen LogP contribution in [-0.4, -0.2) is 18.1 Å². The lowest BCUT2D eigenvalue weighted by atomic mass is 10.1. The van der Waals surface area contributed by atoms with Crippen molar-refractivity contribution in [3.05, 3.63) is 53.1 Å². The molecule has 0 unspecified atom stereocenters. The van der Waals surface area contributed by atoms with Gasteiger partial charge in [-0.1, -0.05) is 29.8 Å². The minimum absolute atomic E-state index is 0.124. The molecule has 2 aromatic carbocycles. The molecule has 0 radical (unpaired) electrons. The van der Waals surface area contributed by atoms with Gasteiger partial charge in [0.2, 0.25) is 0 Å². The van der Waals surface area contributed by atoms with Gasteiger partial charge in [-0.25, -0.2) is 0 Å². The maximum Gasteiger partial charge on any atom is 0.259 e. The Morgan fingerprint density at radius 3 is 2.63 bits per heavy atom. The van der Waals surface area contributed by atoms with Crippen LogP contribution in [0.2, 0.25) is 5.02 Å². The summed E-state index contributed by atoms with van der Waals surface area (Å²) < 4.78 is 4.95. The van der Waals surface area contributed by atoms with Crippen LogP contribution in [0.5, 0.6) is 11.5 Å². The summed E-state index contributed by atoms with van der Waals surface area (Å²) in [4.78, 5) is 12.1. The monoisotopic (exact) mass is 277 g/mol. The Kier molecular flexibility index (Phi) is 3.92. The van der Waals surface area contributed by atoms with E-state index in [1.165, 1.54) is 13.2 Å². The Bertz CT molecular complexity index is 613. The van der Waals surface area contributed by atoms with Gasteiger partial charge in [0.05, 0.1) is 23.4 Å². The Morgan fingerprint density at radius 2 is 1.95 bits per heavy atom. The molecule has 0 aliphatic heterocycles. The van der Waals surface area contributed by atoms with Crippen LogP contribution in [0.3, 0.4) is 0 Å². The highest BCUT2D eigenvalue weighted by Crippen LogP contribution is 2.30. The Morgan fingerprint density at radius 1 is 1.21 bits per heavy atom. The zero-order chi connectivity index (χ0) is 13.8. The average Bonchev–Trinajstić information content (AvgIpc) is 2.41. The number of amides is 1. The standard InChI is InChI=1S/C14H12ClNO3/c1-19-12-8-4-5-9(13(12)17)14(18)16-11-7-3-2-6-10(11)15/h2-8,17H,1H3,(H,16,18). The van der Waals surface area contributed by atoms with Crippen LogP contribution < -0.4 is 10.1 Å². The van der Waals surface area contributed by atoms with Crippen LogP contribution in [0.4, 0.5) is 5.69 Å². The number of anilines is 1. The van der Waals surface area contributed by atoms with Crippen molar-refractivity contribution in [2.45, 2.75) is 0 Å². The summed E-state index contributed by atoms with van der Waals surface area (Å²) in [5.74, 6) is -0.411. The third-order valence-electron chi connectivity index (χ3n) is 2.59. The van der Waals surface area contributed by atoms with Gasteiger partial charge in [0.1, 0.15) is 0 Å². The predicted octanol–water partition coefficient (Wildman–Crippen LogP) is 3.31. The number of hydrogen-bond acceptors (Lipinski definition) is 3. The zero-order valence-electron chi connectivity index (χ0n) is 10.2. The molecule has 0 aliphatic rings. The molecule has 0 atom stereocenters. The number of carbonyl (C=O) groups is 1. The summed E-state index contributed by atoms with van der Waals surface area (Å²) in [7, 11) is 1.42. The van der Waals surface area contributed by atoms with Gasteiger partial charge in [0, 0.05) is 0 Å². The summed E-state index contributed by atoms with van der Waals surface area (Å²) in [6.07, 6.45) is 0. The van der Waals surface area contributed by atoms with Crippen molar-refractivity contribution >= 4 is 23.2 Å².